The highest BCUT2D eigenvalue weighted by molar-refractivity contribution is 6.30. The number of aliphatic carboxylic acids is 1. The summed E-state index contributed by atoms with van der Waals surface area (Å²) in [5.74, 6) is -1.86. The number of carboxylic acids is 1. The highest BCUT2D eigenvalue weighted by Gasteiger charge is 2.06. The van der Waals surface area contributed by atoms with Gasteiger partial charge in [0.2, 0.25) is 5.91 Å². The molecular formula is C11H11ClFNO3. The van der Waals surface area contributed by atoms with Crippen molar-refractivity contribution >= 4 is 29.2 Å². The number of hydrogen-bond acceptors (Lipinski definition) is 2. The number of benzene rings is 1. The average molecular weight is 260 g/mol. The molecular weight excluding hydrogens is 249 g/mol. The molecule has 0 fully saturated rings. The normalized spacial score (nSPS) is 10.0. The number of anilines is 1. The van der Waals surface area contributed by atoms with Crippen molar-refractivity contribution in [2.24, 2.45) is 0 Å². The predicted octanol–water partition coefficient (Wildman–Crippen LogP) is 2.67. The zero-order chi connectivity index (χ0) is 12.8. The van der Waals surface area contributed by atoms with Crippen LogP contribution in [-0.4, -0.2) is 17.0 Å². The monoisotopic (exact) mass is 259 g/mol. The average Bonchev–Trinajstić information content (AvgIpc) is 2.14. The van der Waals surface area contributed by atoms with Crippen molar-refractivity contribution < 1.29 is 19.1 Å². The van der Waals surface area contributed by atoms with Gasteiger partial charge in [0, 0.05) is 23.6 Å². The Hall–Kier alpha value is -1.62. The minimum Gasteiger partial charge on any atom is -0.481 e. The van der Waals surface area contributed by atoms with Crippen LogP contribution >= 0.6 is 11.6 Å². The van der Waals surface area contributed by atoms with E-state index in [0.29, 0.717) is 0 Å². The molecule has 0 saturated carbocycles. The molecule has 92 valence electrons. The van der Waals surface area contributed by atoms with Gasteiger partial charge in [-0.1, -0.05) is 11.6 Å². The van der Waals surface area contributed by atoms with Crippen LogP contribution in [0.1, 0.15) is 19.3 Å². The van der Waals surface area contributed by atoms with Gasteiger partial charge in [0.15, 0.2) is 0 Å². The van der Waals surface area contributed by atoms with Gasteiger partial charge in [-0.2, -0.15) is 0 Å². The Labute approximate surface area is 102 Å². The lowest BCUT2D eigenvalue weighted by Gasteiger charge is -2.05. The molecule has 0 aliphatic heterocycles. The first kappa shape index (κ1) is 13.4. The first-order valence-electron chi connectivity index (χ1n) is 4.95. The minimum atomic E-state index is -0.952. The zero-order valence-corrected chi connectivity index (χ0v) is 9.63. The van der Waals surface area contributed by atoms with E-state index in [1.54, 1.807) is 0 Å². The van der Waals surface area contributed by atoms with Gasteiger partial charge in [-0.25, -0.2) is 4.39 Å². The van der Waals surface area contributed by atoms with E-state index in [0.717, 1.165) is 12.1 Å². The summed E-state index contributed by atoms with van der Waals surface area (Å²) in [6, 6.07) is 3.68. The Morgan fingerprint density at radius 1 is 1.29 bits per heavy atom. The third-order valence-electron chi connectivity index (χ3n) is 1.94. The zero-order valence-electron chi connectivity index (χ0n) is 8.87. The van der Waals surface area contributed by atoms with Gasteiger partial charge in [-0.3, -0.25) is 9.59 Å². The van der Waals surface area contributed by atoms with Crippen molar-refractivity contribution in [1.29, 1.82) is 0 Å². The van der Waals surface area contributed by atoms with E-state index in [4.69, 9.17) is 16.7 Å². The summed E-state index contributed by atoms with van der Waals surface area (Å²) in [4.78, 5) is 21.6. The molecule has 0 radical (unpaired) electrons. The van der Waals surface area contributed by atoms with Crippen LogP contribution in [0.2, 0.25) is 5.02 Å². The molecule has 0 atom stereocenters. The molecule has 0 aromatic heterocycles. The summed E-state index contributed by atoms with van der Waals surface area (Å²) in [7, 11) is 0. The van der Waals surface area contributed by atoms with Gasteiger partial charge >= 0.3 is 5.97 Å². The number of hydrogen-bond donors (Lipinski definition) is 2. The lowest BCUT2D eigenvalue weighted by atomic mass is 10.2. The number of carbonyl (C=O) groups excluding carboxylic acids is 1. The second kappa shape index (κ2) is 6.20. The quantitative estimate of drug-likeness (QED) is 0.854. The largest absolute Gasteiger partial charge is 0.481 e. The minimum absolute atomic E-state index is 0.0699. The Balaban J connectivity index is 2.47. The third-order valence-corrected chi connectivity index (χ3v) is 2.16. The Morgan fingerprint density at radius 2 is 2.00 bits per heavy atom. The van der Waals surface area contributed by atoms with Gasteiger partial charge in [0.05, 0.1) is 0 Å². The number of nitrogens with one attached hydrogen (secondary N) is 1. The fourth-order valence-electron chi connectivity index (χ4n) is 1.25. The third kappa shape index (κ3) is 5.31. The lowest BCUT2D eigenvalue weighted by Crippen LogP contribution is -2.12. The molecule has 17 heavy (non-hydrogen) atoms. The molecule has 1 aromatic rings. The van der Waals surface area contributed by atoms with Crippen LogP contribution in [0.3, 0.4) is 0 Å². The molecule has 4 nitrogen and oxygen atoms in total. The number of carbonyl (C=O) groups is 2. The molecule has 1 rings (SSSR count). The van der Waals surface area contributed by atoms with E-state index < -0.39 is 11.8 Å². The van der Waals surface area contributed by atoms with Crippen molar-refractivity contribution in [1.82, 2.24) is 0 Å². The smallest absolute Gasteiger partial charge is 0.303 e. The summed E-state index contributed by atoms with van der Waals surface area (Å²) >= 11 is 5.61. The van der Waals surface area contributed by atoms with Crippen LogP contribution in [0.25, 0.3) is 0 Å². The molecule has 0 spiro atoms. The summed E-state index contributed by atoms with van der Waals surface area (Å²) in [6.07, 6.45) is 0.238. The van der Waals surface area contributed by atoms with Crippen molar-refractivity contribution in [3.8, 4) is 0 Å². The summed E-state index contributed by atoms with van der Waals surface area (Å²) in [5.41, 5.74) is 0.260. The fraction of sp³-hybridized carbons (Fsp3) is 0.273. The molecule has 6 heteroatoms. The predicted molar refractivity (Wildman–Crippen MR) is 61.5 cm³/mol. The van der Waals surface area contributed by atoms with E-state index in [2.05, 4.69) is 5.32 Å². The summed E-state index contributed by atoms with van der Waals surface area (Å²) in [6.45, 7) is 0. The molecule has 0 heterocycles. The van der Waals surface area contributed by atoms with Crippen molar-refractivity contribution in [3.63, 3.8) is 0 Å². The van der Waals surface area contributed by atoms with Gasteiger partial charge in [-0.05, 0) is 24.6 Å². The molecule has 0 aliphatic carbocycles. The van der Waals surface area contributed by atoms with Crippen LogP contribution in [0.15, 0.2) is 18.2 Å². The molecule has 0 bridgehead atoms. The molecule has 0 aliphatic rings. The second-order valence-corrected chi connectivity index (χ2v) is 3.89. The number of amides is 1. The maximum Gasteiger partial charge on any atom is 0.303 e. The van der Waals surface area contributed by atoms with Crippen molar-refractivity contribution in [3.05, 3.63) is 29.0 Å². The number of halogens is 2. The van der Waals surface area contributed by atoms with Crippen LogP contribution in [0.4, 0.5) is 10.1 Å². The van der Waals surface area contributed by atoms with E-state index in [1.165, 1.54) is 6.07 Å². The van der Waals surface area contributed by atoms with Crippen molar-refractivity contribution in [2.75, 3.05) is 5.32 Å². The van der Waals surface area contributed by atoms with Gasteiger partial charge in [0.1, 0.15) is 5.82 Å². The Kier molecular flexibility index (Phi) is 4.90. The molecule has 2 N–H and O–H groups in total. The fourth-order valence-corrected chi connectivity index (χ4v) is 1.47. The van der Waals surface area contributed by atoms with Gasteiger partial charge in [-0.15, -0.1) is 0 Å². The highest BCUT2D eigenvalue weighted by atomic mass is 35.5. The van der Waals surface area contributed by atoms with Crippen LogP contribution in [0.5, 0.6) is 0 Å². The second-order valence-electron chi connectivity index (χ2n) is 3.45. The van der Waals surface area contributed by atoms with Crippen LogP contribution in [-0.2, 0) is 9.59 Å². The molecule has 0 saturated heterocycles. The summed E-state index contributed by atoms with van der Waals surface area (Å²) < 4.78 is 12.9. The van der Waals surface area contributed by atoms with Gasteiger partial charge < -0.3 is 10.4 Å². The molecule has 1 amide bonds. The number of rotatable bonds is 5. The van der Waals surface area contributed by atoms with Gasteiger partial charge in [0.25, 0.3) is 0 Å². The van der Waals surface area contributed by atoms with E-state index in [9.17, 15) is 14.0 Å². The molecule has 0 unspecified atom stereocenters. The first-order valence-corrected chi connectivity index (χ1v) is 5.33. The lowest BCUT2D eigenvalue weighted by molar-refractivity contribution is -0.137. The van der Waals surface area contributed by atoms with E-state index in [-0.39, 0.29) is 35.9 Å². The van der Waals surface area contributed by atoms with Crippen LogP contribution < -0.4 is 5.32 Å². The van der Waals surface area contributed by atoms with Crippen LogP contribution in [0, 0.1) is 5.82 Å². The topological polar surface area (TPSA) is 66.4 Å². The Morgan fingerprint density at radius 3 is 2.59 bits per heavy atom. The SMILES string of the molecule is O=C(O)CCCC(=O)Nc1cc(F)cc(Cl)c1. The number of carboxylic acid groups (broad SMARTS) is 1. The highest BCUT2D eigenvalue weighted by Crippen LogP contribution is 2.18. The van der Waals surface area contributed by atoms with E-state index >= 15 is 0 Å². The van der Waals surface area contributed by atoms with Crippen molar-refractivity contribution in [2.45, 2.75) is 19.3 Å². The Bertz CT molecular complexity index is 416. The summed E-state index contributed by atoms with van der Waals surface area (Å²) in [5, 5.41) is 11.0. The standard InChI is InChI=1S/C11H11ClFNO3/c12-7-4-8(13)6-9(5-7)14-10(15)2-1-3-11(16)17/h4-6H,1-3H2,(H,14,15)(H,16,17). The first-order chi connectivity index (χ1) is 7.97. The maximum absolute atomic E-state index is 12.9. The van der Waals surface area contributed by atoms with E-state index in [1.807, 2.05) is 0 Å². The maximum atomic E-state index is 12.9. The molecule has 1 aromatic carbocycles.